The van der Waals surface area contributed by atoms with Gasteiger partial charge in [0.1, 0.15) is 0 Å². The summed E-state index contributed by atoms with van der Waals surface area (Å²) in [6.07, 6.45) is 2.16. The van der Waals surface area contributed by atoms with Gasteiger partial charge < -0.3 is 10.6 Å². The molecule has 1 rings (SSSR count). The molecule has 3 heteroatoms. The lowest BCUT2D eigenvalue weighted by molar-refractivity contribution is 0.111. The van der Waals surface area contributed by atoms with E-state index in [-0.39, 0.29) is 5.54 Å². The summed E-state index contributed by atoms with van der Waals surface area (Å²) in [5, 5.41) is 0. The van der Waals surface area contributed by atoms with E-state index < -0.39 is 0 Å². The van der Waals surface area contributed by atoms with Gasteiger partial charge in [-0.1, -0.05) is 20.8 Å². The highest BCUT2D eigenvalue weighted by Crippen LogP contribution is 2.14. The van der Waals surface area contributed by atoms with E-state index in [1.807, 2.05) is 0 Å². The monoisotopic (exact) mass is 213 g/mol. The normalized spacial score (nSPS) is 20.8. The summed E-state index contributed by atoms with van der Waals surface area (Å²) in [7, 11) is 0. The van der Waals surface area contributed by atoms with Crippen molar-refractivity contribution in [3.8, 4) is 0 Å². The highest BCUT2D eigenvalue weighted by Gasteiger charge is 2.25. The zero-order valence-electron chi connectivity index (χ0n) is 10.6. The lowest BCUT2D eigenvalue weighted by atomic mass is 9.93. The van der Waals surface area contributed by atoms with E-state index in [4.69, 9.17) is 5.73 Å². The zero-order valence-corrected chi connectivity index (χ0v) is 10.6. The first-order valence-electron chi connectivity index (χ1n) is 6.37. The van der Waals surface area contributed by atoms with Crippen LogP contribution in [0, 0.1) is 0 Å². The molecule has 3 nitrogen and oxygen atoms in total. The zero-order chi connectivity index (χ0) is 11.3. The van der Waals surface area contributed by atoms with Gasteiger partial charge in [0, 0.05) is 38.3 Å². The van der Waals surface area contributed by atoms with Crippen LogP contribution in [0.15, 0.2) is 0 Å². The molecule has 0 amide bonds. The van der Waals surface area contributed by atoms with E-state index >= 15 is 0 Å². The molecule has 0 saturated carbocycles. The first-order chi connectivity index (χ1) is 7.13. The molecule has 1 heterocycles. The first kappa shape index (κ1) is 12.9. The van der Waals surface area contributed by atoms with Crippen molar-refractivity contribution in [2.75, 3.05) is 39.3 Å². The van der Waals surface area contributed by atoms with Crippen LogP contribution in [0.1, 0.15) is 33.6 Å². The van der Waals surface area contributed by atoms with E-state index in [0.29, 0.717) is 0 Å². The lowest BCUT2D eigenvalue weighted by Gasteiger charge is -2.39. The number of piperazine rings is 1. The number of hydrogen-bond donors (Lipinski definition) is 1. The molecule has 1 fully saturated rings. The van der Waals surface area contributed by atoms with Crippen molar-refractivity contribution in [3.63, 3.8) is 0 Å². The molecule has 0 aliphatic carbocycles. The molecule has 0 aromatic carbocycles. The molecule has 0 bridgehead atoms. The van der Waals surface area contributed by atoms with Crippen LogP contribution in [0.5, 0.6) is 0 Å². The van der Waals surface area contributed by atoms with Gasteiger partial charge >= 0.3 is 0 Å². The van der Waals surface area contributed by atoms with Gasteiger partial charge in [0.15, 0.2) is 0 Å². The fraction of sp³-hybridized carbons (Fsp3) is 1.00. The van der Waals surface area contributed by atoms with Crippen LogP contribution < -0.4 is 5.73 Å². The van der Waals surface area contributed by atoms with Crippen molar-refractivity contribution in [1.82, 2.24) is 9.80 Å². The van der Waals surface area contributed by atoms with Gasteiger partial charge in [-0.2, -0.15) is 0 Å². The molecule has 0 atom stereocenters. The maximum absolute atomic E-state index is 6.34. The SMILES string of the molecule is CCN1CCN(CC(N)(CC)CC)CC1. The second-order valence-corrected chi connectivity index (χ2v) is 4.78. The fourth-order valence-electron chi connectivity index (χ4n) is 2.18. The van der Waals surface area contributed by atoms with Crippen molar-refractivity contribution >= 4 is 0 Å². The number of rotatable bonds is 5. The largest absolute Gasteiger partial charge is 0.324 e. The smallest absolute Gasteiger partial charge is 0.0278 e. The Hall–Kier alpha value is -0.120. The number of nitrogens with zero attached hydrogens (tertiary/aromatic N) is 2. The van der Waals surface area contributed by atoms with Crippen LogP contribution in [0.2, 0.25) is 0 Å². The molecule has 0 unspecified atom stereocenters. The Labute approximate surface area is 94.6 Å². The van der Waals surface area contributed by atoms with Crippen molar-refractivity contribution in [1.29, 1.82) is 0 Å². The minimum atomic E-state index is 0.0361. The van der Waals surface area contributed by atoms with E-state index in [1.165, 1.54) is 32.7 Å². The summed E-state index contributed by atoms with van der Waals surface area (Å²) in [6, 6.07) is 0. The van der Waals surface area contributed by atoms with Crippen LogP contribution in [0.4, 0.5) is 0 Å². The highest BCUT2D eigenvalue weighted by atomic mass is 15.3. The third kappa shape index (κ3) is 3.74. The Bertz CT molecular complexity index is 170. The average Bonchev–Trinajstić information content (AvgIpc) is 2.30. The van der Waals surface area contributed by atoms with Crippen molar-refractivity contribution in [2.45, 2.75) is 39.2 Å². The highest BCUT2D eigenvalue weighted by molar-refractivity contribution is 4.86. The predicted octanol–water partition coefficient (Wildman–Crippen LogP) is 1.14. The molecule has 90 valence electrons. The van der Waals surface area contributed by atoms with Crippen LogP contribution >= 0.6 is 0 Å². The fourth-order valence-corrected chi connectivity index (χ4v) is 2.18. The van der Waals surface area contributed by atoms with Gasteiger partial charge in [-0.3, -0.25) is 4.90 Å². The van der Waals surface area contributed by atoms with Crippen LogP contribution in [0.25, 0.3) is 0 Å². The molecule has 1 saturated heterocycles. The third-order valence-electron chi connectivity index (χ3n) is 3.86. The number of nitrogens with two attached hydrogens (primary N) is 1. The summed E-state index contributed by atoms with van der Waals surface area (Å²) in [6.45, 7) is 13.7. The number of hydrogen-bond acceptors (Lipinski definition) is 3. The average molecular weight is 213 g/mol. The van der Waals surface area contributed by atoms with Gasteiger partial charge in [-0.05, 0) is 19.4 Å². The van der Waals surface area contributed by atoms with Gasteiger partial charge in [0.25, 0.3) is 0 Å². The Morgan fingerprint density at radius 3 is 1.80 bits per heavy atom. The topological polar surface area (TPSA) is 32.5 Å². The molecule has 0 radical (unpaired) electrons. The van der Waals surface area contributed by atoms with Gasteiger partial charge in [0.2, 0.25) is 0 Å². The van der Waals surface area contributed by atoms with Crippen LogP contribution in [-0.4, -0.2) is 54.6 Å². The summed E-state index contributed by atoms with van der Waals surface area (Å²) >= 11 is 0. The maximum atomic E-state index is 6.34. The number of likely N-dealkylation sites (N-methyl/N-ethyl adjacent to an activating group) is 1. The molecular weight excluding hydrogens is 186 g/mol. The Morgan fingerprint density at radius 2 is 1.40 bits per heavy atom. The van der Waals surface area contributed by atoms with Crippen molar-refractivity contribution < 1.29 is 0 Å². The second kappa shape index (κ2) is 5.83. The standard InChI is InChI=1S/C12H27N3/c1-4-12(13,5-2)11-15-9-7-14(6-3)8-10-15/h4-11,13H2,1-3H3. The van der Waals surface area contributed by atoms with Crippen LogP contribution in [-0.2, 0) is 0 Å². The van der Waals surface area contributed by atoms with Gasteiger partial charge in [0.05, 0.1) is 0 Å². The molecule has 1 aliphatic heterocycles. The van der Waals surface area contributed by atoms with Crippen molar-refractivity contribution in [3.05, 3.63) is 0 Å². The van der Waals surface area contributed by atoms with Crippen LogP contribution in [0.3, 0.4) is 0 Å². The summed E-state index contributed by atoms with van der Waals surface area (Å²) in [5.41, 5.74) is 6.38. The Morgan fingerprint density at radius 1 is 0.933 bits per heavy atom. The predicted molar refractivity (Wildman–Crippen MR) is 66.1 cm³/mol. The van der Waals surface area contributed by atoms with E-state index in [1.54, 1.807) is 0 Å². The minimum Gasteiger partial charge on any atom is -0.324 e. The van der Waals surface area contributed by atoms with E-state index in [9.17, 15) is 0 Å². The molecule has 2 N–H and O–H groups in total. The lowest BCUT2D eigenvalue weighted by Crippen LogP contribution is -2.54. The van der Waals surface area contributed by atoms with E-state index in [2.05, 4.69) is 30.6 Å². The summed E-state index contributed by atoms with van der Waals surface area (Å²) in [5.74, 6) is 0. The third-order valence-corrected chi connectivity index (χ3v) is 3.86. The molecular formula is C12H27N3. The van der Waals surface area contributed by atoms with Gasteiger partial charge in [-0.15, -0.1) is 0 Å². The molecule has 0 aromatic heterocycles. The Kier molecular flexibility index (Phi) is 5.03. The quantitative estimate of drug-likeness (QED) is 0.743. The van der Waals surface area contributed by atoms with E-state index in [0.717, 1.165) is 19.4 Å². The van der Waals surface area contributed by atoms with Crippen molar-refractivity contribution in [2.24, 2.45) is 5.73 Å². The summed E-state index contributed by atoms with van der Waals surface area (Å²) in [4.78, 5) is 5.03. The molecule has 0 aromatic rings. The maximum Gasteiger partial charge on any atom is 0.0278 e. The molecule has 1 aliphatic rings. The first-order valence-corrected chi connectivity index (χ1v) is 6.37. The van der Waals surface area contributed by atoms with Gasteiger partial charge in [-0.25, -0.2) is 0 Å². The summed E-state index contributed by atoms with van der Waals surface area (Å²) < 4.78 is 0. The molecule has 15 heavy (non-hydrogen) atoms. The second-order valence-electron chi connectivity index (χ2n) is 4.78. The molecule has 0 spiro atoms. The minimum absolute atomic E-state index is 0.0361. The Balaban J connectivity index is 2.34.